The lowest BCUT2D eigenvalue weighted by atomic mass is 10.00. The minimum absolute atomic E-state index is 0.0225. The summed E-state index contributed by atoms with van der Waals surface area (Å²) in [6, 6.07) is 15.4. The summed E-state index contributed by atoms with van der Waals surface area (Å²) in [4.78, 5) is 16.8. The minimum Gasteiger partial charge on any atom is -0.288 e. The van der Waals surface area contributed by atoms with Gasteiger partial charge in [0.05, 0.1) is 0 Å². The highest BCUT2D eigenvalue weighted by atomic mass is 127. The fraction of sp³-hybridized carbons (Fsp3) is 0. The Labute approximate surface area is 124 Å². The van der Waals surface area contributed by atoms with Crippen LogP contribution < -0.4 is 0 Å². The van der Waals surface area contributed by atoms with E-state index >= 15 is 0 Å². The number of hydrogen-bond acceptors (Lipinski definition) is 2. The molecule has 0 aliphatic carbocycles. The average Bonchev–Trinajstić information content (AvgIpc) is 2.46. The lowest BCUT2D eigenvalue weighted by Gasteiger charge is -2.06. The van der Waals surface area contributed by atoms with Gasteiger partial charge in [-0.15, -0.1) is 0 Å². The average molecular weight is 359 g/mol. The molecule has 0 saturated carbocycles. The van der Waals surface area contributed by atoms with Gasteiger partial charge in [-0.25, -0.2) is 0 Å². The van der Waals surface area contributed by atoms with Gasteiger partial charge in [0.1, 0.15) is 0 Å². The second-order valence-corrected chi connectivity index (χ2v) is 5.38. The summed E-state index contributed by atoms with van der Waals surface area (Å²) < 4.78 is 0.957. The van der Waals surface area contributed by atoms with E-state index in [0.29, 0.717) is 5.56 Å². The summed E-state index contributed by atoms with van der Waals surface area (Å²) in [5.74, 6) is 0.0225. The third kappa shape index (κ3) is 2.26. The topological polar surface area (TPSA) is 30.0 Å². The smallest absolute Gasteiger partial charge is 0.196 e. The standard InChI is InChI=1S/C16H10INO/c17-15-8-4-3-7-13(15)16(19)14-10-18-9-11-5-1-2-6-12(11)14/h1-10H. The quantitative estimate of drug-likeness (QED) is 0.510. The van der Waals surface area contributed by atoms with E-state index in [0.717, 1.165) is 19.9 Å². The van der Waals surface area contributed by atoms with Gasteiger partial charge >= 0.3 is 0 Å². The van der Waals surface area contributed by atoms with E-state index in [4.69, 9.17) is 0 Å². The molecule has 1 heterocycles. The summed E-state index contributed by atoms with van der Waals surface area (Å²) in [5.41, 5.74) is 1.38. The van der Waals surface area contributed by atoms with E-state index < -0.39 is 0 Å². The van der Waals surface area contributed by atoms with Crippen LogP contribution in [0.15, 0.2) is 60.9 Å². The maximum Gasteiger partial charge on any atom is 0.196 e. The van der Waals surface area contributed by atoms with E-state index in [1.54, 1.807) is 12.4 Å². The number of hydrogen-bond donors (Lipinski definition) is 0. The molecule has 3 heteroatoms. The Bertz CT molecular complexity index is 762. The molecule has 2 aromatic carbocycles. The molecule has 3 rings (SSSR count). The van der Waals surface area contributed by atoms with Gasteiger partial charge in [0, 0.05) is 32.5 Å². The van der Waals surface area contributed by atoms with Gasteiger partial charge in [0.25, 0.3) is 0 Å². The van der Waals surface area contributed by atoms with E-state index in [9.17, 15) is 4.79 Å². The molecule has 0 atom stereocenters. The lowest BCUT2D eigenvalue weighted by molar-refractivity contribution is 0.103. The number of ketones is 1. The first-order chi connectivity index (χ1) is 9.27. The first-order valence-electron chi connectivity index (χ1n) is 5.89. The second kappa shape index (κ2) is 5.09. The lowest BCUT2D eigenvalue weighted by Crippen LogP contribution is -2.04. The number of pyridine rings is 1. The van der Waals surface area contributed by atoms with E-state index in [-0.39, 0.29) is 5.78 Å². The number of benzene rings is 2. The van der Waals surface area contributed by atoms with Gasteiger partial charge in [-0.2, -0.15) is 0 Å². The number of nitrogens with zero attached hydrogens (tertiary/aromatic N) is 1. The Morgan fingerprint density at radius 1 is 0.895 bits per heavy atom. The molecular weight excluding hydrogens is 349 g/mol. The molecule has 0 spiro atoms. The van der Waals surface area contributed by atoms with Crippen molar-refractivity contribution in [1.82, 2.24) is 4.98 Å². The number of fused-ring (bicyclic) bond motifs is 1. The molecule has 0 amide bonds. The van der Waals surface area contributed by atoms with Crippen molar-refractivity contribution in [2.24, 2.45) is 0 Å². The Balaban J connectivity index is 2.20. The highest BCUT2D eigenvalue weighted by Gasteiger charge is 2.14. The van der Waals surface area contributed by atoms with Crippen molar-refractivity contribution in [3.8, 4) is 0 Å². The summed E-state index contributed by atoms with van der Waals surface area (Å²) in [5, 5.41) is 1.93. The summed E-state index contributed by atoms with van der Waals surface area (Å²) >= 11 is 2.18. The number of carbonyl (C=O) groups excluding carboxylic acids is 1. The van der Waals surface area contributed by atoms with Crippen molar-refractivity contribution < 1.29 is 4.79 Å². The van der Waals surface area contributed by atoms with Crippen molar-refractivity contribution >= 4 is 39.1 Å². The zero-order valence-corrected chi connectivity index (χ0v) is 12.2. The van der Waals surface area contributed by atoms with Crippen LogP contribution in [0.4, 0.5) is 0 Å². The zero-order valence-electron chi connectivity index (χ0n) is 10.0. The van der Waals surface area contributed by atoms with Crippen LogP contribution in [-0.2, 0) is 0 Å². The Morgan fingerprint density at radius 3 is 2.47 bits per heavy atom. The maximum absolute atomic E-state index is 12.6. The number of carbonyl (C=O) groups is 1. The van der Waals surface area contributed by atoms with Crippen LogP contribution in [0.5, 0.6) is 0 Å². The summed E-state index contributed by atoms with van der Waals surface area (Å²) in [6.07, 6.45) is 3.43. The summed E-state index contributed by atoms with van der Waals surface area (Å²) in [7, 11) is 0. The van der Waals surface area contributed by atoms with Crippen LogP contribution in [0.2, 0.25) is 0 Å². The van der Waals surface area contributed by atoms with Crippen molar-refractivity contribution in [2.45, 2.75) is 0 Å². The highest BCUT2D eigenvalue weighted by molar-refractivity contribution is 14.1. The fourth-order valence-corrected chi connectivity index (χ4v) is 2.72. The van der Waals surface area contributed by atoms with E-state index in [2.05, 4.69) is 27.6 Å². The normalized spacial score (nSPS) is 10.6. The first kappa shape index (κ1) is 12.3. The number of halogens is 1. The third-order valence-corrected chi connectivity index (χ3v) is 3.97. The monoisotopic (exact) mass is 359 g/mol. The molecule has 0 N–H and O–H groups in total. The second-order valence-electron chi connectivity index (χ2n) is 4.22. The summed E-state index contributed by atoms with van der Waals surface area (Å²) in [6.45, 7) is 0. The van der Waals surface area contributed by atoms with Crippen LogP contribution in [-0.4, -0.2) is 10.8 Å². The minimum atomic E-state index is 0.0225. The van der Waals surface area contributed by atoms with Crippen LogP contribution in [0.1, 0.15) is 15.9 Å². The van der Waals surface area contributed by atoms with Crippen LogP contribution >= 0.6 is 22.6 Å². The maximum atomic E-state index is 12.6. The molecule has 0 saturated heterocycles. The number of rotatable bonds is 2. The third-order valence-electron chi connectivity index (χ3n) is 3.03. The van der Waals surface area contributed by atoms with Gasteiger partial charge < -0.3 is 0 Å². The molecule has 1 aromatic heterocycles. The van der Waals surface area contributed by atoms with Gasteiger partial charge in [0.15, 0.2) is 5.78 Å². The Morgan fingerprint density at radius 2 is 1.63 bits per heavy atom. The SMILES string of the molecule is O=C(c1ccccc1I)c1cncc2ccccc12. The van der Waals surface area contributed by atoms with Gasteiger partial charge in [-0.05, 0) is 40.1 Å². The van der Waals surface area contributed by atoms with E-state index in [1.165, 1.54) is 0 Å². The molecule has 0 fully saturated rings. The van der Waals surface area contributed by atoms with E-state index in [1.807, 2.05) is 48.5 Å². The molecule has 0 radical (unpaired) electrons. The molecule has 0 aliphatic rings. The van der Waals surface area contributed by atoms with Crippen molar-refractivity contribution in [3.63, 3.8) is 0 Å². The van der Waals surface area contributed by atoms with Gasteiger partial charge in [-0.3, -0.25) is 9.78 Å². The van der Waals surface area contributed by atoms with Crippen molar-refractivity contribution in [1.29, 1.82) is 0 Å². The molecule has 0 bridgehead atoms. The largest absolute Gasteiger partial charge is 0.288 e. The highest BCUT2D eigenvalue weighted by Crippen LogP contribution is 2.22. The van der Waals surface area contributed by atoms with Crippen molar-refractivity contribution in [3.05, 3.63) is 75.6 Å². The Kier molecular flexibility index (Phi) is 3.29. The molecule has 2 nitrogen and oxygen atoms in total. The zero-order chi connectivity index (χ0) is 13.2. The first-order valence-corrected chi connectivity index (χ1v) is 6.97. The van der Waals surface area contributed by atoms with Crippen LogP contribution in [0.25, 0.3) is 10.8 Å². The molecule has 92 valence electrons. The molecule has 0 unspecified atom stereocenters. The predicted molar refractivity (Wildman–Crippen MR) is 84.3 cm³/mol. The predicted octanol–water partition coefficient (Wildman–Crippen LogP) is 4.07. The van der Waals surface area contributed by atoms with Crippen LogP contribution in [0, 0.1) is 3.57 Å². The molecule has 19 heavy (non-hydrogen) atoms. The fourth-order valence-electron chi connectivity index (χ4n) is 2.09. The van der Waals surface area contributed by atoms with Crippen LogP contribution in [0.3, 0.4) is 0 Å². The molecule has 0 aliphatic heterocycles. The van der Waals surface area contributed by atoms with Gasteiger partial charge in [-0.1, -0.05) is 36.4 Å². The molecule has 3 aromatic rings. The number of aromatic nitrogens is 1. The molecular formula is C16H10INO. The van der Waals surface area contributed by atoms with Crippen molar-refractivity contribution in [2.75, 3.05) is 0 Å². The van der Waals surface area contributed by atoms with Gasteiger partial charge in [0.2, 0.25) is 0 Å². The Hall–Kier alpha value is -1.75.